The molecule has 2 heterocycles. The first-order valence-corrected chi connectivity index (χ1v) is 9.27. The number of aryl methyl sites for hydroxylation is 1. The molecule has 0 N–H and O–H groups in total. The normalized spacial score (nSPS) is 19.8. The summed E-state index contributed by atoms with van der Waals surface area (Å²) in [6.07, 6.45) is 5.25. The van der Waals surface area contributed by atoms with Gasteiger partial charge in [0.15, 0.2) is 0 Å². The molecule has 0 spiro atoms. The molecule has 2 aromatic carbocycles. The van der Waals surface area contributed by atoms with Crippen LogP contribution in [0.1, 0.15) is 42.2 Å². The van der Waals surface area contributed by atoms with E-state index in [0.29, 0.717) is 13.0 Å². The van der Waals surface area contributed by atoms with Crippen molar-refractivity contribution in [2.24, 2.45) is 0 Å². The van der Waals surface area contributed by atoms with E-state index in [9.17, 15) is 4.79 Å². The van der Waals surface area contributed by atoms with Crippen molar-refractivity contribution in [3.63, 3.8) is 0 Å². The lowest BCUT2D eigenvalue weighted by molar-refractivity contribution is -0.130. The summed E-state index contributed by atoms with van der Waals surface area (Å²) in [7, 11) is 0. The minimum atomic E-state index is 0.152. The molecule has 1 saturated heterocycles. The van der Waals surface area contributed by atoms with Crippen molar-refractivity contribution < 1.29 is 4.79 Å². The predicted octanol–water partition coefficient (Wildman–Crippen LogP) is 4.45. The van der Waals surface area contributed by atoms with Crippen molar-refractivity contribution >= 4 is 16.8 Å². The van der Waals surface area contributed by atoms with Gasteiger partial charge in [-0.25, -0.2) is 0 Å². The van der Waals surface area contributed by atoms with E-state index in [1.165, 1.54) is 40.6 Å². The number of fused-ring (bicyclic) bond motifs is 3. The Morgan fingerprint density at radius 2 is 1.72 bits per heavy atom. The predicted molar refractivity (Wildman–Crippen MR) is 99.2 cm³/mol. The molecule has 1 amide bonds. The zero-order valence-electron chi connectivity index (χ0n) is 14.3. The summed E-state index contributed by atoms with van der Waals surface area (Å²) >= 11 is 0. The third kappa shape index (κ3) is 2.30. The van der Waals surface area contributed by atoms with Gasteiger partial charge in [-0.05, 0) is 42.9 Å². The summed E-state index contributed by atoms with van der Waals surface area (Å²) in [4.78, 5) is 14.7. The Balaban J connectivity index is 1.60. The molecular weight excluding hydrogens is 308 g/mol. The number of carbonyl (C=O) groups excluding carboxylic acids is 1. The fraction of sp³-hybridized carbons (Fsp3) is 0.318. The molecule has 3 nitrogen and oxygen atoms in total. The molecule has 1 aliphatic heterocycles. The molecule has 1 aromatic heterocycles. The van der Waals surface area contributed by atoms with Crippen molar-refractivity contribution in [2.75, 3.05) is 0 Å². The number of hydrogen-bond acceptors (Lipinski definition) is 1. The standard InChI is InChI=1S/C22H22N2O/c25-22-14-13-21(23(22)15-16-7-2-1-3-8-16)24-19-11-5-4-9-17(19)18-10-6-12-20(18)24/h1-5,7-9,11,21H,6,10,12-15H2/t21-/m1/s1. The third-order valence-corrected chi connectivity index (χ3v) is 5.76. The Hall–Kier alpha value is -2.55. The highest BCUT2D eigenvalue weighted by atomic mass is 16.2. The minimum Gasteiger partial charge on any atom is -0.323 e. The lowest BCUT2D eigenvalue weighted by Gasteiger charge is -2.28. The van der Waals surface area contributed by atoms with E-state index < -0.39 is 0 Å². The van der Waals surface area contributed by atoms with Crippen LogP contribution >= 0.6 is 0 Å². The van der Waals surface area contributed by atoms with Gasteiger partial charge in [-0.15, -0.1) is 0 Å². The lowest BCUT2D eigenvalue weighted by atomic mass is 10.1. The van der Waals surface area contributed by atoms with E-state index in [1.807, 2.05) is 18.2 Å². The van der Waals surface area contributed by atoms with E-state index in [0.717, 1.165) is 12.8 Å². The van der Waals surface area contributed by atoms with Crippen LogP contribution in [0, 0.1) is 0 Å². The zero-order valence-corrected chi connectivity index (χ0v) is 14.3. The number of benzene rings is 2. The molecule has 1 aliphatic carbocycles. The van der Waals surface area contributed by atoms with Gasteiger partial charge in [-0.1, -0.05) is 48.5 Å². The molecule has 25 heavy (non-hydrogen) atoms. The van der Waals surface area contributed by atoms with Gasteiger partial charge in [0.25, 0.3) is 0 Å². The first-order valence-electron chi connectivity index (χ1n) is 9.27. The Morgan fingerprint density at radius 1 is 0.920 bits per heavy atom. The maximum Gasteiger partial charge on any atom is 0.224 e. The van der Waals surface area contributed by atoms with Crippen LogP contribution in [0.2, 0.25) is 0 Å². The second kappa shape index (κ2) is 5.76. The van der Waals surface area contributed by atoms with Gasteiger partial charge in [0.05, 0.1) is 5.52 Å². The fourth-order valence-electron chi connectivity index (χ4n) is 4.67. The number of nitrogens with zero attached hydrogens (tertiary/aromatic N) is 2. The number of likely N-dealkylation sites (tertiary alicyclic amines) is 1. The highest BCUT2D eigenvalue weighted by molar-refractivity contribution is 5.87. The van der Waals surface area contributed by atoms with E-state index in [1.54, 1.807) is 0 Å². The second-order valence-electron chi connectivity index (χ2n) is 7.19. The van der Waals surface area contributed by atoms with Gasteiger partial charge in [0.2, 0.25) is 5.91 Å². The molecule has 1 fully saturated rings. The Labute approximate surface area is 147 Å². The highest BCUT2D eigenvalue weighted by Crippen LogP contribution is 2.40. The number of rotatable bonds is 3. The van der Waals surface area contributed by atoms with Gasteiger partial charge in [0.1, 0.15) is 6.17 Å². The molecular formula is C22H22N2O. The quantitative estimate of drug-likeness (QED) is 0.696. The average Bonchev–Trinajstić information content (AvgIpc) is 3.32. The van der Waals surface area contributed by atoms with E-state index in [2.05, 4.69) is 45.9 Å². The molecule has 0 unspecified atom stereocenters. The van der Waals surface area contributed by atoms with Crippen LogP contribution < -0.4 is 0 Å². The molecule has 5 rings (SSSR count). The molecule has 0 bridgehead atoms. The molecule has 0 radical (unpaired) electrons. The molecule has 3 heteroatoms. The number of para-hydroxylation sites is 1. The van der Waals surface area contributed by atoms with Crippen LogP contribution in [-0.4, -0.2) is 15.4 Å². The first kappa shape index (κ1) is 14.8. The van der Waals surface area contributed by atoms with Crippen LogP contribution in [0.5, 0.6) is 0 Å². The molecule has 126 valence electrons. The minimum absolute atomic E-state index is 0.152. The SMILES string of the molecule is O=C1CC[C@@H](n2c3c(c4ccccc42)CCC3)N1Cc1ccccc1. The van der Waals surface area contributed by atoms with Crippen molar-refractivity contribution in [1.29, 1.82) is 0 Å². The van der Waals surface area contributed by atoms with Crippen molar-refractivity contribution in [3.05, 3.63) is 71.4 Å². The Bertz CT molecular complexity index is 941. The van der Waals surface area contributed by atoms with Crippen molar-refractivity contribution in [1.82, 2.24) is 9.47 Å². The van der Waals surface area contributed by atoms with Gasteiger partial charge in [0, 0.05) is 24.0 Å². The molecule has 1 atom stereocenters. The topological polar surface area (TPSA) is 25.2 Å². The van der Waals surface area contributed by atoms with Gasteiger partial charge in [-0.2, -0.15) is 0 Å². The maximum absolute atomic E-state index is 12.6. The maximum atomic E-state index is 12.6. The third-order valence-electron chi connectivity index (χ3n) is 5.76. The summed E-state index contributed by atoms with van der Waals surface area (Å²) in [6, 6.07) is 19.1. The number of carbonyl (C=O) groups is 1. The van der Waals surface area contributed by atoms with Crippen molar-refractivity contribution in [3.8, 4) is 0 Å². The van der Waals surface area contributed by atoms with Crippen LogP contribution in [0.4, 0.5) is 0 Å². The second-order valence-corrected chi connectivity index (χ2v) is 7.19. The highest BCUT2D eigenvalue weighted by Gasteiger charge is 2.35. The summed E-state index contributed by atoms with van der Waals surface area (Å²) in [5.41, 5.74) is 5.47. The van der Waals surface area contributed by atoms with Crippen LogP contribution in [0.3, 0.4) is 0 Å². The summed E-state index contributed by atoms with van der Waals surface area (Å²) < 4.78 is 2.48. The fourth-order valence-corrected chi connectivity index (χ4v) is 4.67. The van der Waals surface area contributed by atoms with Gasteiger partial charge in [-0.3, -0.25) is 4.79 Å². The van der Waals surface area contributed by atoms with Crippen LogP contribution in [0.15, 0.2) is 54.6 Å². The number of aromatic nitrogens is 1. The summed E-state index contributed by atoms with van der Waals surface area (Å²) in [6.45, 7) is 0.700. The van der Waals surface area contributed by atoms with E-state index in [-0.39, 0.29) is 12.1 Å². The molecule has 0 saturated carbocycles. The van der Waals surface area contributed by atoms with E-state index >= 15 is 0 Å². The number of hydrogen-bond donors (Lipinski definition) is 0. The van der Waals surface area contributed by atoms with Gasteiger partial charge >= 0.3 is 0 Å². The average molecular weight is 330 g/mol. The molecule has 2 aliphatic rings. The summed E-state index contributed by atoms with van der Waals surface area (Å²) in [5.74, 6) is 0.276. The number of amides is 1. The summed E-state index contributed by atoms with van der Waals surface area (Å²) in [5, 5.41) is 1.38. The van der Waals surface area contributed by atoms with E-state index in [4.69, 9.17) is 0 Å². The Kier molecular flexibility index (Phi) is 3.40. The Morgan fingerprint density at radius 3 is 2.60 bits per heavy atom. The van der Waals surface area contributed by atoms with Crippen LogP contribution in [-0.2, 0) is 24.2 Å². The van der Waals surface area contributed by atoms with Crippen molar-refractivity contribution in [2.45, 2.75) is 44.8 Å². The monoisotopic (exact) mass is 330 g/mol. The lowest BCUT2D eigenvalue weighted by Crippen LogP contribution is -2.31. The zero-order chi connectivity index (χ0) is 16.8. The van der Waals surface area contributed by atoms with Gasteiger partial charge < -0.3 is 9.47 Å². The molecule has 3 aromatic rings. The first-order chi connectivity index (χ1) is 12.3. The largest absolute Gasteiger partial charge is 0.323 e. The smallest absolute Gasteiger partial charge is 0.224 e. The van der Waals surface area contributed by atoms with Crippen LogP contribution in [0.25, 0.3) is 10.9 Å².